The van der Waals surface area contributed by atoms with Crippen molar-refractivity contribution in [2.24, 2.45) is 5.73 Å². The van der Waals surface area contributed by atoms with E-state index < -0.39 is 31.5 Å². The summed E-state index contributed by atoms with van der Waals surface area (Å²) in [4.78, 5) is 27.8. The van der Waals surface area contributed by atoms with Gasteiger partial charge in [-0.3, -0.25) is 14.6 Å². The molecule has 1 heterocycles. The standard InChI is InChI=1S/C20H32N5O8P/c21-15(14-32-34(29,30)31)18(26)10-8-6-4-2-1-3-5-7-9-13-22-16-11-12-17(25(27)28)20-19(16)23-33-24-20/h8,10-12,15,18,22,26H,1-7,9,13-14,21H2,(H2,29,30,31)/b10-8+/t15-,18+/m0/s1. The van der Waals surface area contributed by atoms with Crippen LogP contribution in [0.25, 0.3) is 11.0 Å². The highest BCUT2D eigenvalue weighted by molar-refractivity contribution is 7.46. The van der Waals surface area contributed by atoms with Crippen molar-refractivity contribution in [3.05, 3.63) is 34.4 Å². The number of allylic oxidation sites excluding steroid dienone is 1. The third-order valence-corrected chi connectivity index (χ3v) is 5.65. The van der Waals surface area contributed by atoms with E-state index in [9.17, 15) is 19.8 Å². The maximum Gasteiger partial charge on any atom is 0.469 e. The molecule has 1 aromatic heterocycles. The molecule has 0 amide bonds. The van der Waals surface area contributed by atoms with Crippen molar-refractivity contribution in [2.45, 2.75) is 63.5 Å². The number of hydrogen-bond donors (Lipinski definition) is 5. The number of non-ortho nitro benzene ring substituents is 1. The molecule has 190 valence electrons. The highest BCUT2D eigenvalue weighted by atomic mass is 31.2. The van der Waals surface area contributed by atoms with Crippen LogP contribution < -0.4 is 11.1 Å². The quantitative estimate of drug-likeness (QED) is 0.0697. The molecule has 0 aliphatic heterocycles. The molecule has 13 nitrogen and oxygen atoms in total. The summed E-state index contributed by atoms with van der Waals surface area (Å²) in [5, 5.41) is 31.4. The van der Waals surface area contributed by atoms with Crippen molar-refractivity contribution in [3.63, 3.8) is 0 Å². The van der Waals surface area contributed by atoms with Gasteiger partial charge in [0.05, 0.1) is 29.4 Å². The molecule has 34 heavy (non-hydrogen) atoms. The van der Waals surface area contributed by atoms with Crippen LogP contribution in [0.3, 0.4) is 0 Å². The Kier molecular flexibility index (Phi) is 11.5. The number of benzene rings is 1. The molecule has 0 radical (unpaired) electrons. The van der Waals surface area contributed by atoms with Gasteiger partial charge >= 0.3 is 13.5 Å². The van der Waals surface area contributed by atoms with Gasteiger partial charge in [0.25, 0.3) is 0 Å². The second kappa shape index (κ2) is 14.1. The molecule has 14 heteroatoms. The van der Waals surface area contributed by atoms with E-state index in [1.165, 1.54) is 12.1 Å². The maximum atomic E-state index is 11.0. The lowest BCUT2D eigenvalue weighted by Gasteiger charge is -2.15. The number of rotatable bonds is 17. The fourth-order valence-electron chi connectivity index (χ4n) is 3.30. The normalized spacial score (nSPS) is 14.0. The van der Waals surface area contributed by atoms with Crippen molar-refractivity contribution in [3.8, 4) is 0 Å². The second-order valence-corrected chi connectivity index (χ2v) is 9.15. The summed E-state index contributed by atoms with van der Waals surface area (Å²) in [6.45, 7) is 0.287. The zero-order valence-corrected chi connectivity index (χ0v) is 19.7. The van der Waals surface area contributed by atoms with Gasteiger partial charge in [-0.15, -0.1) is 0 Å². The first-order valence-electron chi connectivity index (χ1n) is 11.1. The van der Waals surface area contributed by atoms with Gasteiger partial charge in [-0.05, 0) is 35.6 Å². The first-order chi connectivity index (χ1) is 16.2. The number of aliphatic hydroxyl groups excluding tert-OH is 1. The number of nitrogens with one attached hydrogen (secondary N) is 1. The van der Waals surface area contributed by atoms with Crippen LogP contribution in [0, 0.1) is 10.1 Å². The van der Waals surface area contributed by atoms with Crippen molar-refractivity contribution < 1.29 is 33.5 Å². The van der Waals surface area contributed by atoms with E-state index in [0.29, 0.717) is 17.7 Å². The second-order valence-electron chi connectivity index (χ2n) is 7.91. The van der Waals surface area contributed by atoms with Crippen LogP contribution in [0.5, 0.6) is 0 Å². The molecule has 2 rings (SSSR count). The summed E-state index contributed by atoms with van der Waals surface area (Å²) in [6, 6.07) is 2.10. The molecular weight excluding hydrogens is 469 g/mol. The van der Waals surface area contributed by atoms with E-state index in [1.54, 1.807) is 6.07 Å². The molecule has 6 N–H and O–H groups in total. The molecule has 0 aliphatic carbocycles. The number of anilines is 1. The molecule has 0 saturated carbocycles. The molecule has 0 aliphatic rings. The number of nitrogens with two attached hydrogens (primary N) is 1. The Bertz CT molecular complexity index is 979. The number of hydrogen-bond acceptors (Lipinski definition) is 10. The summed E-state index contributed by atoms with van der Waals surface area (Å²) in [6.07, 6.45) is 10.5. The molecule has 0 spiro atoms. The Morgan fingerprint density at radius 3 is 2.47 bits per heavy atom. The number of nitro benzene ring substituents is 1. The van der Waals surface area contributed by atoms with Gasteiger partial charge < -0.3 is 25.9 Å². The number of aliphatic hydroxyl groups is 1. The predicted octanol–water partition coefficient (Wildman–Crippen LogP) is 3.02. The molecule has 1 aromatic carbocycles. The van der Waals surface area contributed by atoms with Crippen LogP contribution >= 0.6 is 7.82 Å². The first kappa shape index (κ1) is 27.8. The van der Waals surface area contributed by atoms with Crippen LogP contribution in [-0.4, -0.2) is 55.4 Å². The molecule has 2 aromatic rings. The smallest absolute Gasteiger partial charge is 0.387 e. The van der Waals surface area contributed by atoms with Crippen LogP contribution in [0.1, 0.15) is 51.4 Å². The van der Waals surface area contributed by atoms with Crippen LogP contribution in [0.4, 0.5) is 11.4 Å². The Balaban J connectivity index is 1.50. The van der Waals surface area contributed by atoms with Crippen LogP contribution in [-0.2, 0) is 9.09 Å². The average Bonchev–Trinajstić information content (AvgIpc) is 3.27. The van der Waals surface area contributed by atoms with Crippen LogP contribution in [0.15, 0.2) is 28.9 Å². The Hall–Kier alpha value is -2.41. The number of aromatic nitrogens is 2. The maximum absolute atomic E-state index is 11.0. The Morgan fingerprint density at radius 2 is 1.79 bits per heavy atom. The molecule has 0 bridgehead atoms. The number of unbranched alkanes of at least 4 members (excludes halogenated alkanes) is 7. The highest BCUT2D eigenvalue weighted by Gasteiger charge is 2.20. The van der Waals surface area contributed by atoms with Crippen molar-refractivity contribution in [1.82, 2.24) is 10.3 Å². The zero-order chi connectivity index (χ0) is 25.0. The van der Waals surface area contributed by atoms with E-state index in [4.69, 9.17) is 15.5 Å². The summed E-state index contributed by atoms with van der Waals surface area (Å²) in [7, 11) is -4.59. The minimum absolute atomic E-state index is 0.134. The molecular formula is C20H32N5O8P. The van der Waals surface area contributed by atoms with Gasteiger partial charge in [-0.25, -0.2) is 9.19 Å². The average molecular weight is 501 g/mol. The molecule has 2 atom stereocenters. The molecule has 0 saturated heterocycles. The fraction of sp³-hybridized carbons (Fsp3) is 0.600. The summed E-state index contributed by atoms with van der Waals surface area (Å²) in [5.74, 6) is 0. The third-order valence-electron chi connectivity index (χ3n) is 5.16. The lowest BCUT2D eigenvalue weighted by atomic mass is 10.1. The molecule has 0 fully saturated rings. The number of phosphoric acid groups is 1. The van der Waals surface area contributed by atoms with E-state index in [1.807, 2.05) is 6.08 Å². The summed E-state index contributed by atoms with van der Waals surface area (Å²) < 4.78 is 19.6. The van der Waals surface area contributed by atoms with E-state index in [-0.39, 0.29) is 11.2 Å². The lowest BCUT2D eigenvalue weighted by molar-refractivity contribution is -0.383. The highest BCUT2D eigenvalue weighted by Crippen LogP contribution is 2.35. The van der Waals surface area contributed by atoms with Gasteiger partial charge in [-0.2, -0.15) is 0 Å². The fourth-order valence-corrected chi connectivity index (χ4v) is 3.66. The van der Waals surface area contributed by atoms with Crippen molar-refractivity contribution in [1.29, 1.82) is 0 Å². The number of nitrogens with zero attached hydrogens (tertiary/aromatic N) is 3. The van der Waals surface area contributed by atoms with Gasteiger partial charge in [0.15, 0.2) is 5.52 Å². The third kappa shape index (κ3) is 9.84. The minimum atomic E-state index is -4.59. The topological polar surface area (TPSA) is 207 Å². The largest absolute Gasteiger partial charge is 0.469 e. The number of fused-ring (bicyclic) bond motifs is 1. The SMILES string of the molecule is N[C@@H](COP(=O)(O)O)[C@H](O)/C=C/CCCCCCCCCNc1ccc([N+](=O)[O-])c2nonc12. The van der Waals surface area contributed by atoms with Crippen molar-refractivity contribution >= 4 is 30.2 Å². The van der Waals surface area contributed by atoms with Gasteiger partial charge in [0, 0.05) is 12.6 Å². The Morgan fingerprint density at radius 1 is 1.15 bits per heavy atom. The predicted molar refractivity (Wildman–Crippen MR) is 125 cm³/mol. The summed E-state index contributed by atoms with van der Waals surface area (Å²) in [5.41, 5.74) is 6.63. The first-order valence-corrected chi connectivity index (χ1v) is 12.7. The zero-order valence-electron chi connectivity index (χ0n) is 18.8. The molecule has 0 unspecified atom stereocenters. The van der Waals surface area contributed by atoms with Gasteiger partial charge in [0.1, 0.15) is 0 Å². The van der Waals surface area contributed by atoms with E-state index >= 15 is 0 Å². The lowest BCUT2D eigenvalue weighted by Crippen LogP contribution is -2.37. The van der Waals surface area contributed by atoms with E-state index in [2.05, 4.69) is 24.8 Å². The monoisotopic (exact) mass is 501 g/mol. The van der Waals surface area contributed by atoms with E-state index in [0.717, 1.165) is 51.4 Å². The van der Waals surface area contributed by atoms with Crippen molar-refractivity contribution in [2.75, 3.05) is 18.5 Å². The van der Waals surface area contributed by atoms with Gasteiger partial charge in [-0.1, -0.05) is 44.3 Å². The minimum Gasteiger partial charge on any atom is -0.387 e. The van der Waals surface area contributed by atoms with Crippen LogP contribution in [0.2, 0.25) is 0 Å². The summed E-state index contributed by atoms with van der Waals surface area (Å²) >= 11 is 0. The Labute approximate surface area is 196 Å². The van der Waals surface area contributed by atoms with Gasteiger partial charge in [0.2, 0.25) is 5.52 Å². The number of nitro groups is 1. The number of phosphoric ester groups is 1.